The number of amides is 1. The van der Waals surface area contributed by atoms with Crippen molar-refractivity contribution in [1.82, 2.24) is 9.29 Å². The summed E-state index contributed by atoms with van der Waals surface area (Å²) in [5.74, 6) is 0.251. The molecule has 1 fully saturated rings. The molecule has 1 amide bonds. The molecule has 4 nitrogen and oxygen atoms in total. The number of hydrogen-bond acceptors (Lipinski definition) is 3. The van der Waals surface area contributed by atoms with E-state index in [1.165, 1.54) is 32.1 Å². The minimum absolute atomic E-state index is 0.00442. The predicted molar refractivity (Wildman–Crippen MR) is 128 cm³/mol. The number of nitrogens with zero attached hydrogens (tertiary/aromatic N) is 1. The summed E-state index contributed by atoms with van der Waals surface area (Å²) in [4.78, 5) is 13.2. The monoisotopic (exact) mass is 447 g/mol. The first-order valence-corrected chi connectivity index (χ1v) is 12.0. The second kappa shape index (κ2) is 9.37. The van der Waals surface area contributed by atoms with Crippen LogP contribution in [0, 0.1) is 19.8 Å². The maximum atomic E-state index is 12.1. The molecule has 1 aliphatic rings. The van der Waals surface area contributed by atoms with Gasteiger partial charge in [-0.1, -0.05) is 36.9 Å². The van der Waals surface area contributed by atoms with E-state index in [1.54, 1.807) is 11.9 Å². The zero-order chi connectivity index (χ0) is 22.1. The number of primary amides is 1. The molecule has 1 aromatic heterocycles. The van der Waals surface area contributed by atoms with Crippen molar-refractivity contribution in [1.29, 1.82) is 0 Å². The fourth-order valence-corrected chi connectivity index (χ4v) is 5.29. The molecule has 1 saturated carbocycles. The minimum atomic E-state index is -0.384. The lowest BCUT2D eigenvalue weighted by molar-refractivity contribution is 0.0999. The molecule has 30 heavy (non-hydrogen) atoms. The predicted octanol–water partition coefficient (Wildman–Crippen LogP) is 6.50. The molecule has 1 heterocycles. The number of benzene rings is 1. The first-order valence-electron chi connectivity index (χ1n) is 10.8. The Bertz CT molecular complexity index is 924. The molecular weight excluding hydrogens is 414 g/mol. The number of carbonyl (C=O) groups excluding carboxylic acids is 1. The normalized spacial score (nSPS) is 15.5. The number of aromatic nitrogens is 1. The van der Waals surface area contributed by atoms with E-state index in [-0.39, 0.29) is 11.4 Å². The standard InChI is InChI=1S/C24H34ClN3OS/c1-15-21(30-27-24(3,4)5)12-11-18(22(15)25)20-13-19(23(26)29)16(2)28(20)14-17-9-7-6-8-10-17/h11-13,17,27H,6-10,14H2,1-5H3,(H2,26,29). The van der Waals surface area contributed by atoms with E-state index < -0.39 is 0 Å². The fourth-order valence-electron chi connectivity index (χ4n) is 4.16. The van der Waals surface area contributed by atoms with Crippen LogP contribution in [0.4, 0.5) is 0 Å². The fraction of sp³-hybridized carbons (Fsp3) is 0.542. The van der Waals surface area contributed by atoms with Gasteiger partial charge in [-0.25, -0.2) is 0 Å². The Morgan fingerprint density at radius 2 is 1.90 bits per heavy atom. The third-order valence-electron chi connectivity index (χ3n) is 5.88. The summed E-state index contributed by atoms with van der Waals surface area (Å²) in [6, 6.07) is 6.09. The molecule has 0 aliphatic heterocycles. The molecule has 0 spiro atoms. The summed E-state index contributed by atoms with van der Waals surface area (Å²) < 4.78 is 5.71. The Morgan fingerprint density at radius 3 is 2.50 bits per heavy atom. The Hall–Kier alpha value is -1.43. The maximum absolute atomic E-state index is 12.1. The Labute approximate surface area is 190 Å². The van der Waals surface area contributed by atoms with E-state index in [9.17, 15) is 4.79 Å². The number of nitrogens with two attached hydrogens (primary N) is 1. The zero-order valence-corrected chi connectivity index (χ0v) is 20.3. The van der Waals surface area contributed by atoms with Crippen molar-refractivity contribution in [2.75, 3.05) is 0 Å². The van der Waals surface area contributed by atoms with E-state index in [1.807, 2.05) is 13.0 Å². The van der Waals surface area contributed by atoms with Gasteiger partial charge in [-0.2, -0.15) is 0 Å². The van der Waals surface area contributed by atoms with Gasteiger partial charge in [0.05, 0.1) is 16.3 Å². The van der Waals surface area contributed by atoms with Crippen molar-refractivity contribution < 1.29 is 4.79 Å². The molecule has 3 N–H and O–H groups in total. The molecule has 0 saturated heterocycles. The number of halogens is 1. The summed E-state index contributed by atoms with van der Waals surface area (Å²) in [5.41, 5.74) is 10.2. The van der Waals surface area contributed by atoms with Crippen LogP contribution < -0.4 is 10.5 Å². The highest BCUT2D eigenvalue weighted by Crippen LogP contribution is 2.38. The molecule has 0 radical (unpaired) electrons. The first-order chi connectivity index (χ1) is 14.1. The van der Waals surface area contributed by atoms with Crippen LogP contribution in [0.25, 0.3) is 11.3 Å². The van der Waals surface area contributed by atoms with E-state index in [0.717, 1.165) is 39.0 Å². The molecule has 6 heteroatoms. The third kappa shape index (κ3) is 5.24. The molecule has 1 aromatic carbocycles. The number of rotatable bonds is 6. The zero-order valence-electron chi connectivity index (χ0n) is 18.8. The van der Waals surface area contributed by atoms with Crippen LogP contribution in [-0.2, 0) is 6.54 Å². The number of carbonyl (C=O) groups is 1. The number of nitrogens with one attached hydrogen (secondary N) is 1. The van der Waals surface area contributed by atoms with Gasteiger partial charge in [0.1, 0.15) is 0 Å². The Morgan fingerprint density at radius 1 is 1.23 bits per heavy atom. The second-order valence-corrected chi connectivity index (χ2v) is 10.7. The third-order valence-corrected chi connectivity index (χ3v) is 7.74. The molecule has 164 valence electrons. The van der Waals surface area contributed by atoms with Crippen molar-refractivity contribution in [3.05, 3.63) is 40.0 Å². The maximum Gasteiger partial charge on any atom is 0.250 e. The molecule has 0 unspecified atom stereocenters. The summed E-state index contributed by atoms with van der Waals surface area (Å²) in [6.45, 7) is 11.4. The van der Waals surface area contributed by atoms with Crippen LogP contribution in [0.1, 0.15) is 74.5 Å². The van der Waals surface area contributed by atoms with Gasteiger partial charge in [-0.05, 0) is 83.0 Å². The van der Waals surface area contributed by atoms with Crippen molar-refractivity contribution >= 4 is 29.5 Å². The second-order valence-electron chi connectivity index (χ2n) is 9.51. The van der Waals surface area contributed by atoms with Gasteiger partial charge in [-0.15, -0.1) is 0 Å². The Balaban J connectivity index is 2.00. The molecule has 2 aromatic rings. The van der Waals surface area contributed by atoms with Crippen LogP contribution in [-0.4, -0.2) is 16.0 Å². The summed E-state index contributed by atoms with van der Waals surface area (Å²) in [5, 5.41) is 0.731. The lowest BCUT2D eigenvalue weighted by Crippen LogP contribution is -2.29. The minimum Gasteiger partial charge on any atom is -0.366 e. The lowest BCUT2D eigenvalue weighted by atomic mass is 9.89. The lowest BCUT2D eigenvalue weighted by Gasteiger charge is -2.25. The van der Waals surface area contributed by atoms with Crippen molar-refractivity contribution in [3.8, 4) is 11.3 Å². The largest absolute Gasteiger partial charge is 0.366 e. The van der Waals surface area contributed by atoms with Gasteiger partial charge in [0.15, 0.2) is 0 Å². The van der Waals surface area contributed by atoms with Gasteiger partial charge >= 0.3 is 0 Å². The first kappa shape index (κ1) is 23.2. The van der Waals surface area contributed by atoms with E-state index in [4.69, 9.17) is 17.3 Å². The highest BCUT2D eigenvalue weighted by Gasteiger charge is 2.23. The van der Waals surface area contributed by atoms with E-state index in [0.29, 0.717) is 11.5 Å². The SMILES string of the molecule is Cc1c(SNC(C)(C)C)ccc(-c2cc(C(N)=O)c(C)n2CC2CCCCC2)c1Cl. The van der Waals surface area contributed by atoms with Crippen molar-refractivity contribution in [2.45, 2.75) is 83.7 Å². The molecule has 3 rings (SSSR count). The molecule has 0 atom stereocenters. The Kier molecular flexibility index (Phi) is 7.26. The highest BCUT2D eigenvalue weighted by atomic mass is 35.5. The van der Waals surface area contributed by atoms with Gasteiger partial charge in [0, 0.05) is 28.2 Å². The quantitative estimate of drug-likeness (QED) is 0.497. The van der Waals surface area contributed by atoms with Gasteiger partial charge in [-0.3, -0.25) is 9.52 Å². The average Bonchev–Trinajstić information content (AvgIpc) is 3.00. The van der Waals surface area contributed by atoms with Crippen LogP contribution in [0.5, 0.6) is 0 Å². The van der Waals surface area contributed by atoms with E-state index in [2.05, 4.69) is 49.1 Å². The molecule has 0 bridgehead atoms. The molecular formula is C24H34ClN3OS. The van der Waals surface area contributed by atoms with Crippen molar-refractivity contribution in [2.24, 2.45) is 11.7 Å². The highest BCUT2D eigenvalue weighted by molar-refractivity contribution is 7.97. The summed E-state index contributed by atoms with van der Waals surface area (Å²) in [7, 11) is 0. The van der Waals surface area contributed by atoms with E-state index >= 15 is 0 Å². The number of hydrogen-bond donors (Lipinski definition) is 2. The van der Waals surface area contributed by atoms with Crippen LogP contribution >= 0.6 is 23.5 Å². The topological polar surface area (TPSA) is 60.0 Å². The van der Waals surface area contributed by atoms with Gasteiger partial charge in [0.2, 0.25) is 0 Å². The van der Waals surface area contributed by atoms with Crippen LogP contribution in [0.2, 0.25) is 5.02 Å². The van der Waals surface area contributed by atoms with Crippen LogP contribution in [0.15, 0.2) is 23.1 Å². The summed E-state index contributed by atoms with van der Waals surface area (Å²) in [6.07, 6.45) is 6.38. The average molecular weight is 448 g/mol. The van der Waals surface area contributed by atoms with Crippen LogP contribution in [0.3, 0.4) is 0 Å². The van der Waals surface area contributed by atoms with Gasteiger partial charge in [0.25, 0.3) is 5.91 Å². The van der Waals surface area contributed by atoms with Gasteiger partial charge < -0.3 is 10.3 Å². The molecule has 1 aliphatic carbocycles. The van der Waals surface area contributed by atoms with Crippen molar-refractivity contribution in [3.63, 3.8) is 0 Å². The smallest absolute Gasteiger partial charge is 0.250 e. The summed E-state index contributed by atoms with van der Waals surface area (Å²) >= 11 is 8.47.